The van der Waals surface area contributed by atoms with Crippen molar-refractivity contribution in [1.29, 1.82) is 0 Å². The molecule has 3 heterocycles. The zero-order valence-corrected chi connectivity index (χ0v) is 9.84. The topological polar surface area (TPSA) is 37.6 Å². The minimum Gasteiger partial charge on any atom is -0.306 e. The van der Waals surface area contributed by atoms with Crippen LogP contribution in [0.15, 0.2) is 24.5 Å². The number of aromatic nitrogens is 2. The summed E-state index contributed by atoms with van der Waals surface area (Å²) in [7, 11) is 2.13. The monoisotopic (exact) mass is 229 g/mol. The van der Waals surface area contributed by atoms with Crippen LogP contribution < -0.4 is 0 Å². The largest absolute Gasteiger partial charge is 0.306 e. The molecular weight excluding hydrogens is 214 g/mol. The maximum Gasteiger partial charge on any atom is 0.151 e. The number of aldehydes is 1. The molecule has 2 aromatic heterocycles. The maximum atomic E-state index is 10.8. The summed E-state index contributed by atoms with van der Waals surface area (Å²) < 4.78 is 2.05. The molecule has 4 nitrogen and oxygen atoms in total. The highest BCUT2D eigenvalue weighted by Gasteiger charge is 2.24. The van der Waals surface area contributed by atoms with Crippen LogP contribution in [0, 0.1) is 0 Å². The van der Waals surface area contributed by atoms with E-state index in [-0.39, 0.29) is 0 Å². The molecule has 88 valence electrons. The highest BCUT2D eigenvalue weighted by Crippen LogP contribution is 2.26. The quantitative estimate of drug-likeness (QED) is 0.733. The summed E-state index contributed by atoms with van der Waals surface area (Å²) in [6.45, 7) is 2.16. The normalized spacial score (nSPS) is 21.1. The van der Waals surface area contributed by atoms with E-state index >= 15 is 0 Å². The van der Waals surface area contributed by atoms with E-state index in [4.69, 9.17) is 0 Å². The van der Waals surface area contributed by atoms with Crippen LogP contribution in [0.3, 0.4) is 0 Å². The van der Waals surface area contributed by atoms with Crippen LogP contribution in [0.25, 0.3) is 5.52 Å². The molecule has 0 spiro atoms. The Bertz CT molecular complexity index is 561. The summed E-state index contributed by atoms with van der Waals surface area (Å²) in [6.07, 6.45) is 5.77. The second-order valence-corrected chi connectivity index (χ2v) is 4.74. The molecule has 0 aliphatic carbocycles. The summed E-state index contributed by atoms with van der Waals surface area (Å²) in [5.41, 5.74) is 1.75. The number of carbonyl (C=O) groups is 1. The fraction of sp³-hybridized carbons (Fsp3) is 0.385. The van der Waals surface area contributed by atoms with E-state index < -0.39 is 0 Å². The van der Waals surface area contributed by atoms with Crippen molar-refractivity contribution in [2.45, 2.75) is 12.3 Å². The number of likely N-dealkylation sites (N-methyl/N-ethyl adjacent to an activating group) is 1. The van der Waals surface area contributed by atoms with Gasteiger partial charge in [0, 0.05) is 24.2 Å². The molecule has 0 aromatic carbocycles. The van der Waals surface area contributed by atoms with Crippen molar-refractivity contribution in [3.63, 3.8) is 0 Å². The van der Waals surface area contributed by atoms with Gasteiger partial charge in [0.15, 0.2) is 6.29 Å². The Balaban J connectivity index is 2.07. The molecule has 0 amide bonds. The molecule has 17 heavy (non-hydrogen) atoms. The molecule has 0 N–H and O–H groups in total. The van der Waals surface area contributed by atoms with Crippen molar-refractivity contribution < 1.29 is 4.79 Å². The number of imidazole rings is 1. The molecule has 4 heteroatoms. The van der Waals surface area contributed by atoms with Crippen molar-refractivity contribution >= 4 is 11.8 Å². The lowest BCUT2D eigenvalue weighted by Gasteiger charge is -2.09. The number of nitrogens with zero attached hydrogens (tertiary/aromatic N) is 3. The van der Waals surface area contributed by atoms with E-state index in [1.165, 1.54) is 0 Å². The summed E-state index contributed by atoms with van der Waals surface area (Å²) in [5, 5.41) is 0. The van der Waals surface area contributed by atoms with Crippen molar-refractivity contribution in [1.82, 2.24) is 14.3 Å². The molecule has 1 aliphatic heterocycles. The van der Waals surface area contributed by atoms with E-state index in [2.05, 4.69) is 16.9 Å². The first-order chi connectivity index (χ1) is 8.28. The Hall–Kier alpha value is -1.68. The average molecular weight is 229 g/mol. The van der Waals surface area contributed by atoms with Crippen LogP contribution in [0.5, 0.6) is 0 Å². The molecular formula is C13H15N3O. The van der Waals surface area contributed by atoms with E-state index in [9.17, 15) is 4.79 Å². The molecule has 3 rings (SSSR count). The Morgan fingerprint density at radius 2 is 2.35 bits per heavy atom. The molecule has 0 radical (unpaired) electrons. The zero-order valence-electron chi connectivity index (χ0n) is 9.84. The predicted octanol–water partition coefficient (Wildman–Crippen LogP) is 1.57. The first-order valence-corrected chi connectivity index (χ1v) is 5.88. The summed E-state index contributed by atoms with van der Waals surface area (Å²) in [4.78, 5) is 17.6. The van der Waals surface area contributed by atoms with Gasteiger partial charge in [0.05, 0.1) is 11.7 Å². The van der Waals surface area contributed by atoms with Gasteiger partial charge in [0.1, 0.15) is 5.82 Å². The van der Waals surface area contributed by atoms with Crippen LogP contribution in [0.4, 0.5) is 0 Å². The molecule has 1 fully saturated rings. The van der Waals surface area contributed by atoms with Crippen LogP contribution in [0.1, 0.15) is 28.5 Å². The highest BCUT2D eigenvalue weighted by atomic mass is 16.1. The summed E-state index contributed by atoms with van der Waals surface area (Å²) in [5.74, 6) is 1.55. The second kappa shape index (κ2) is 3.96. The SMILES string of the molecule is CN1CCC(c2ncc3ccc(C=O)cn23)C1. The molecule has 1 saturated heterocycles. The fourth-order valence-corrected chi connectivity index (χ4v) is 2.54. The lowest BCUT2D eigenvalue weighted by Crippen LogP contribution is -2.14. The van der Waals surface area contributed by atoms with Crippen molar-refractivity contribution in [2.75, 3.05) is 20.1 Å². The smallest absolute Gasteiger partial charge is 0.151 e. The molecule has 2 aromatic rings. The van der Waals surface area contributed by atoms with E-state index in [0.717, 1.165) is 37.1 Å². The average Bonchev–Trinajstić information content (AvgIpc) is 2.93. The number of rotatable bonds is 2. The number of hydrogen-bond donors (Lipinski definition) is 0. The number of pyridine rings is 1. The van der Waals surface area contributed by atoms with Crippen LogP contribution in [-0.2, 0) is 0 Å². The van der Waals surface area contributed by atoms with Gasteiger partial charge in [-0.25, -0.2) is 4.98 Å². The van der Waals surface area contributed by atoms with Gasteiger partial charge in [-0.15, -0.1) is 0 Å². The van der Waals surface area contributed by atoms with Crippen molar-refractivity contribution in [3.05, 3.63) is 35.9 Å². The van der Waals surface area contributed by atoms with E-state index in [0.29, 0.717) is 11.5 Å². The minimum absolute atomic E-state index is 0.476. The lowest BCUT2D eigenvalue weighted by molar-refractivity contribution is 0.112. The van der Waals surface area contributed by atoms with Gasteiger partial charge in [-0.3, -0.25) is 4.79 Å². The predicted molar refractivity (Wildman–Crippen MR) is 65.4 cm³/mol. The van der Waals surface area contributed by atoms with E-state index in [1.54, 1.807) is 0 Å². The Kier molecular flexibility index (Phi) is 2.44. The summed E-state index contributed by atoms with van der Waals surface area (Å²) >= 11 is 0. The molecule has 0 saturated carbocycles. The second-order valence-electron chi connectivity index (χ2n) is 4.74. The number of carbonyl (C=O) groups excluding carboxylic acids is 1. The maximum absolute atomic E-state index is 10.8. The number of fused-ring (bicyclic) bond motifs is 1. The first kappa shape index (κ1) is 10.5. The van der Waals surface area contributed by atoms with Gasteiger partial charge in [-0.2, -0.15) is 0 Å². The van der Waals surface area contributed by atoms with Crippen LogP contribution >= 0.6 is 0 Å². The molecule has 1 aliphatic rings. The molecule has 0 bridgehead atoms. The zero-order chi connectivity index (χ0) is 11.8. The summed E-state index contributed by atoms with van der Waals surface area (Å²) in [6, 6.07) is 3.77. The minimum atomic E-state index is 0.476. The fourth-order valence-electron chi connectivity index (χ4n) is 2.54. The third-order valence-electron chi connectivity index (χ3n) is 3.47. The molecule has 1 atom stereocenters. The standard InChI is InChI=1S/C13H15N3O/c1-15-5-4-11(8-15)13-14-6-12-3-2-10(9-17)7-16(12)13/h2-3,6-7,9,11H,4-5,8H2,1H3. The van der Waals surface area contributed by atoms with Gasteiger partial charge in [-0.05, 0) is 32.1 Å². The van der Waals surface area contributed by atoms with Crippen molar-refractivity contribution in [3.8, 4) is 0 Å². The van der Waals surface area contributed by atoms with Crippen molar-refractivity contribution in [2.24, 2.45) is 0 Å². The third kappa shape index (κ3) is 1.74. The highest BCUT2D eigenvalue weighted by molar-refractivity contribution is 5.75. The lowest BCUT2D eigenvalue weighted by atomic mass is 10.1. The third-order valence-corrected chi connectivity index (χ3v) is 3.47. The van der Waals surface area contributed by atoms with Gasteiger partial charge < -0.3 is 9.30 Å². The Morgan fingerprint density at radius 1 is 1.47 bits per heavy atom. The van der Waals surface area contributed by atoms with E-state index in [1.807, 2.05) is 28.9 Å². The number of likely N-dealkylation sites (tertiary alicyclic amines) is 1. The van der Waals surface area contributed by atoms with Gasteiger partial charge in [0.2, 0.25) is 0 Å². The Labute approximate surface area is 99.9 Å². The van der Waals surface area contributed by atoms with Crippen LogP contribution in [0.2, 0.25) is 0 Å². The van der Waals surface area contributed by atoms with Gasteiger partial charge >= 0.3 is 0 Å². The van der Waals surface area contributed by atoms with Gasteiger partial charge in [0.25, 0.3) is 0 Å². The Morgan fingerprint density at radius 3 is 3.06 bits per heavy atom. The van der Waals surface area contributed by atoms with Crippen LogP contribution in [-0.4, -0.2) is 40.7 Å². The number of hydrogen-bond acceptors (Lipinski definition) is 3. The molecule has 1 unspecified atom stereocenters. The van der Waals surface area contributed by atoms with Gasteiger partial charge in [-0.1, -0.05) is 0 Å². The first-order valence-electron chi connectivity index (χ1n) is 5.88.